The summed E-state index contributed by atoms with van der Waals surface area (Å²) in [6, 6.07) is 0. The van der Waals surface area contributed by atoms with Crippen molar-refractivity contribution in [2.45, 2.75) is 32.9 Å². The van der Waals surface area contributed by atoms with Crippen molar-refractivity contribution >= 4 is 11.3 Å². The minimum atomic E-state index is -1.35. The fourth-order valence-electron chi connectivity index (χ4n) is 1.25. The third-order valence-corrected chi connectivity index (χ3v) is 3.39. The first kappa shape index (κ1) is 11.6. The summed E-state index contributed by atoms with van der Waals surface area (Å²) in [6.45, 7) is 5.68. The summed E-state index contributed by atoms with van der Waals surface area (Å²) in [5.41, 5.74) is 5.45. The van der Waals surface area contributed by atoms with Crippen LogP contribution in [0.4, 0.5) is 4.39 Å². The Hall–Kier alpha value is -0.480. The van der Waals surface area contributed by atoms with Crippen LogP contribution in [0, 0.1) is 5.41 Å². The largest absolute Gasteiger partial charge is 0.327 e. The number of aromatic nitrogens is 1. The molecule has 2 nitrogen and oxygen atoms in total. The zero-order valence-electron chi connectivity index (χ0n) is 8.88. The van der Waals surface area contributed by atoms with Gasteiger partial charge in [-0.3, -0.25) is 4.98 Å². The van der Waals surface area contributed by atoms with Crippen molar-refractivity contribution in [2.75, 3.05) is 6.54 Å². The van der Waals surface area contributed by atoms with Crippen molar-refractivity contribution in [1.82, 2.24) is 4.98 Å². The second-order valence-corrected chi connectivity index (χ2v) is 5.53. The van der Waals surface area contributed by atoms with E-state index in [4.69, 9.17) is 5.73 Å². The molecule has 0 aromatic carbocycles. The van der Waals surface area contributed by atoms with Crippen LogP contribution in [0.1, 0.15) is 25.6 Å². The second kappa shape index (κ2) is 3.95. The first-order chi connectivity index (χ1) is 6.39. The second-order valence-electron chi connectivity index (χ2n) is 4.56. The number of thiazole rings is 1. The predicted octanol–water partition coefficient (Wildman–Crippen LogP) is 2.40. The standard InChI is InChI=1S/C10H17FN2S/c1-9(2,3)10(11,6-12)4-8-5-13-7-14-8/h5,7H,4,6,12H2,1-3H3. The molecular formula is C10H17FN2S. The molecule has 0 amide bonds. The van der Waals surface area contributed by atoms with E-state index in [2.05, 4.69) is 4.98 Å². The van der Waals surface area contributed by atoms with Gasteiger partial charge in [-0.05, 0) is 5.41 Å². The van der Waals surface area contributed by atoms with Crippen LogP contribution < -0.4 is 5.73 Å². The fraction of sp³-hybridized carbons (Fsp3) is 0.700. The molecule has 1 aromatic rings. The summed E-state index contributed by atoms with van der Waals surface area (Å²) >= 11 is 1.47. The lowest BCUT2D eigenvalue weighted by molar-refractivity contribution is 0.0390. The molecule has 0 radical (unpaired) electrons. The van der Waals surface area contributed by atoms with E-state index in [1.54, 1.807) is 11.7 Å². The molecule has 0 saturated heterocycles. The molecule has 0 bridgehead atoms. The van der Waals surface area contributed by atoms with Crippen LogP contribution in [0.25, 0.3) is 0 Å². The first-order valence-electron chi connectivity index (χ1n) is 4.65. The van der Waals surface area contributed by atoms with Crippen LogP contribution in [0.2, 0.25) is 0 Å². The van der Waals surface area contributed by atoms with Crippen molar-refractivity contribution in [3.63, 3.8) is 0 Å². The van der Waals surface area contributed by atoms with E-state index in [1.807, 2.05) is 20.8 Å². The molecule has 1 aromatic heterocycles. The Morgan fingerprint density at radius 3 is 2.50 bits per heavy atom. The van der Waals surface area contributed by atoms with Gasteiger partial charge in [-0.25, -0.2) is 4.39 Å². The molecule has 0 spiro atoms. The molecule has 1 unspecified atom stereocenters. The summed E-state index contributed by atoms with van der Waals surface area (Å²) in [6.07, 6.45) is 2.07. The molecule has 1 rings (SSSR count). The smallest absolute Gasteiger partial charge is 0.132 e. The Morgan fingerprint density at radius 1 is 1.50 bits per heavy atom. The summed E-state index contributed by atoms with van der Waals surface area (Å²) in [4.78, 5) is 4.89. The number of nitrogens with zero attached hydrogens (tertiary/aromatic N) is 1. The van der Waals surface area contributed by atoms with Gasteiger partial charge in [0.1, 0.15) is 5.67 Å². The minimum absolute atomic E-state index is 0.0500. The van der Waals surface area contributed by atoms with Gasteiger partial charge in [0, 0.05) is 24.0 Å². The molecule has 14 heavy (non-hydrogen) atoms. The molecule has 80 valence electrons. The average molecular weight is 216 g/mol. The van der Waals surface area contributed by atoms with E-state index < -0.39 is 11.1 Å². The summed E-state index contributed by atoms with van der Waals surface area (Å²) in [5.74, 6) is 0. The fourth-order valence-corrected chi connectivity index (χ4v) is 1.94. The van der Waals surface area contributed by atoms with Crippen molar-refractivity contribution in [3.8, 4) is 0 Å². The lowest BCUT2D eigenvalue weighted by atomic mass is 9.76. The highest BCUT2D eigenvalue weighted by Crippen LogP contribution is 2.36. The van der Waals surface area contributed by atoms with Crippen LogP contribution >= 0.6 is 11.3 Å². The van der Waals surface area contributed by atoms with Crippen molar-refractivity contribution in [3.05, 3.63) is 16.6 Å². The summed E-state index contributed by atoms with van der Waals surface area (Å²) in [7, 11) is 0. The number of hydrogen-bond acceptors (Lipinski definition) is 3. The zero-order chi connectivity index (χ0) is 10.8. The average Bonchev–Trinajstić information content (AvgIpc) is 2.54. The van der Waals surface area contributed by atoms with Crippen LogP contribution in [0.15, 0.2) is 11.7 Å². The van der Waals surface area contributed by atoms with E-state index in [0.717, 1.165) is 4.88 Å². The number of nitrogens with two attached hydrogens (primary N) is 1. The highest BCUT2D eigenvalue weighted by atomic mass is 32.1. The van der Waals surface area contributed by atoms with Gasteiger partial charge in [0.05, 0.1) is 5.51 Å². The number of alkyl halides is 1. The van der Waals surface area contributed by atoms with E-state index in [0.29, 0.717) is 6.42 Å². The van der Waals surface area contributed by atoms with Gasteiger partial charge in [0.15, 0.2) is 0 Å². The molecular weight excluding hydrogens is 199 g/mol. The molecule has 0 fully saturated rings. The molecule has 1 atom stereocenters. The Balaban J connectivity index is 2.82. The number of hydrogen-bond donors (Lipinski definition) is 1. The lowest BCUT2D eigenvalue weighted by Gasteiger charge is -2.36. The highest BCUT2D eigenvalue weighted by molar-refractivity contribution is 7.09. The minimum Gasteiger partial charge on any atom is -0.327 e. The van der Waals surface area contributed by atoms with E-state index in [-0.39, 0.29) is 6.54 Å². The van der Waals surface area contributed by atoms with E-state index in [1.165, 1.54) is 11.3 Å². The zero-order valence-corrected chi connectivity index (χ0v) is 9.70. The quantitative estimate of drug-likeness (QED) is 0.842. The monoisotopic (exact) mass is 216 g/mol. The third kappa shape index (κ3) is 2.30. The molecule has 0 aliphatic rings. The molecule has 0 aliphatic carbocycles. The molecule has 4 heteroatoms. The van der Waals surface area contributed by atoms with Crippen LogP contribution in [-0.4, -0.2) is 17.2 Å². The first-order valence-corrected chi connectivity index (χ1v) is 5.53. The molecule has 2 N–H and O–H groups in total. The third-order valence-electron chi connectivity index (χ3n) is 2.61. The number of halogens is 1. The predicted molar refractivity (Wildman–Crippen MR) is 58.2 cm³/mol. The van der Waals surface area contributed by atoms with Crippen LogP contribution in [0.5, 0.6) is 0 Å². The van der Waals surface area contributed by atoms with Gasteiger partial charge < -0.3 is 5.73 Å². The van der Waals surface area contributed by atoms with Gasteiger partial charge in [0.25, 0.3) is 0 Å². The van der Waals surface area contributed by atoms with Crippen LogP contribution in [-0.2, 0) is 6.42 Å². The Morgan fingerprint density at radius 2 is 2.14 bits per heavy atom. The van der Waals surface area contributed by atoms with Gasteiger partial charge in [-0.15, -0.1) is 11.3 Å². The summed E-state index contributed by atoms with van der Waals surface area (Å²) < 4.78 is 14.4. The van der Waals surface area contributed by atoms with Gasteiger partial charge in [-0.1, -0.05) is 20.8 Å². The topological polar surface area (TPSA) is 38.9 Å². The number of rotatable bonds is 3. The molecule has 0 saturated carbocycles. The van der Waals surface area contributed by atoms with Crippen molar-refractivity contribution < 1.29 is 4.39 Å². The maximum absolute atomic E-state index is 14.4. The van der Waals surface area contributed by atoms with Gasteiger partial charge in [0.2, 0.25) is 0 Å². The maximum atomic E-state index is 14.4. The van der Waals surface area contributed by atoms with Gasteiger partial charge in [-0.2, -0.15) is 0 Å². The maximum Gasteiger partial charge on any atom is 0.132 e. The normalized spacial score (nSPS) is 16.6. The Kier molecular flexibility index (Phi) is 3.27. The Labute approximate surface area is 88.4 Å². The van der Waals surface area contributed by atoms with Crippen molar-refractivity contribution in [1.29, 1.82) is 0 Å². The van der Waals surface area contributed by atoms with Gasteiger partial charge >= 0.3 is 0 Å². The SMILES string of the molecule is CC(C)(C)C(F)(CN)Cc1cncs1. The lowest BCUT2D eigenvalue weighted by Crippen LogP contribution is -2.46. The molecule has 0 aliphatic heterocycles. The van der Waals surface area contributed by atoms with Crippen LogP contribution in [0.3, 0.4) is 0 Å². The van der Waals surface area contributed by atoms with E-state index in [9.17, 15) is 4.39 Å². The highest BCUT2D eigenvalue weighted by Gasteiger charge is 2.41. The summed E-state index contributed by atoms with van der Waals surface area (Å²) in [5, 5.41) is 0. The molecule has 1 heterocycles. The van der Waals surface area contributed by atoms with E-state index >= 15 is 0 Å². The van der Waals surface area contributed by atoms with Crippen molar-refractivity contribution in [2.24, 2.45) is 11.1 Å². The Bertz CT molecular complexity index is 279.